The fourth-order valence-electron chi connectivity index (χ4n) is 3.82. The number of benzene rings is 3. The Morgan fingerprint density at radius 1 is 0.973 bits per heavy atom. The number of nitrogens with zero attached hydrogens (tertiary/aromatic N) is 3. The van der Waals surface area contributed by atoms with Crippen LogP contribution >= 0.6 is 23.2 Å². The van der Waals surface area contributed by atoms with E-state index in [2.05, 4.69) is 15.3 Å². The van der Waals surface area contributed by atoms with E-state index in [4.69, 9.17) is 35.9 Å². The Hall–Kier alpha value is -3.49. The zero-order valence-corrected chi connectivity index (χ0v) is 21.7. The molecule has 0 spiro atoms. The number of rotatable bonds is 4. The fourth-order valence-corrected chi connectivity index (χ4v) is 4.32. The summed E-state index contributed by atoms with van der Waals surface area (Å²) in [6, 6.07) is 18.8. The average molecular weight is 579 g/mol. The quantitative estimate of drug-likeness (QED) is 0.226. The van der Waals surface area contributed by atoms with Gasteiger partial charge in [-0.15, -0.1) is 0 Å². The van der Waals surface area contributed by atoms with Gasteiger partial charge in [-0.3, -0.25) is 4.79 Å². The molecular weight excluding hydrogens is 556 g/mol. The van der Waals surface area contributed by atoms with Crippen LogP contribution in [0, 0.1) is 0 Å². The van der Waals surface area contributed by atoms with Crippen LogP contribution in [0.3, 0.4) is 0 Å². The van der Waals surface area contributed by atoms with Crippen molar-refractivity contribution in [2.24, 2.45) is 7.05 Å². The second-order valence-electron chi connectivity index (χ2n) is 7.76. The molecule has 0 radical (unpaired) electrons. The van der Waals surface area contributed by atoms with Crippen LogP contribution < -0.4 is 10.9 Å². The predicted octanol–water partition coefficient (Wildman–Crippen LogP) is 6.82. The number of hydrogen-bond donors (Lipinski definition) is 2. The van der Waals surface area contributed by atoms with Crippen molar-refractivity contribution in [2.45, 2.75) is 14.4 Å². The first-order valence-electron chi connectivity index (χ1n) is 10.6. The number of H-pyrrole nitrogens is 1. The zero-order valence-electron chi connectivity index (χ0n) is 19.1. The number of para-hydroxylation sites is 1. The molecule has 0 aliphatic rings. The monoisotopic (exact) mass is 578 g/mol. The van der Waals surface area contributed by atoms with Crippen LogP contribution in [0.5, 0.6) is 0 Å². The molecule has 5 rings (SSSR count). The molecule has 0 amide bonds. The van der Waals surface area contributed by atoms with Crippen LogP contribution in [0.4, 0.5) is 11.6 Å². The number of hydrogen-bond acceptors (Lipinski definition) is 6. The number of aromatic nitrogens is 4. The molecule has 0 aliphatic carbocycles. The van der Waals surface area contributed by atoms with Crippen LogP contribution in [0.1, 0.15) is 25.7 Å². The molecule has 37 heavy (non-hydrogen) atoms. The maximum atomic E-state index is 13.2. The molecule has 0 bridgehead atoms. The molecule has 0 fully saturated rings. The summed E-state index contributed by atoms with van der Waals surface area (Å²) in [5.41, 5.74) is 4.14. The van der Waals surface area contributed by atoms with Gasteiger partial charge in [0.15, 0.2) is 0 Å². The van der Waals surface area contributed by atoms with E-state index in [1.54, 1.807) is 22.8 Å². The molecular formula is C26H23Cl2MnN5O3. The van der Waals surface area contributed by atoms with E-state index in [-0.39, 0.29) is 13.0 Å². The zero-order chi connectivity index (χ0) is 25.8. The molecule has 0 aliphatic heterocycles. The van der Waals surface area contributed by atoms with E-state index in [9.17, 15) is 4.79 Å². The van der Waals surface area contributed by atoms with E-state index >= 15 is 0 Å². The van der Waals surface area contributed by atoms with Crippen LogP contribution in [0.15, 0.2) is 65.5 Å². The third kappa shape index (κ3) is 5.92. The van der Waals surface area contributed by atoms with Crippen LogP contribution in [0.2, 0.25) is 10.0 Å². The Kier molecular flexibility index (Phi) is 9.23. The average Bonchev–Trinajstić information content (AvgIpc) is 3.17. The minimum absolute atomic E-state index is 0. The van der Waals surface area contributed by atoms with Crippen molar-refractivity contribution in [3.8, 4) is 0 Å². The Balaban J connectivity index is 0.000000908. The van der Waals surface area contributed by atoms with Gasteiger partial charge in [-0.05, 0) is 48.4 Å². The van der Waals surface area contributed by atoms with E-state index in [1.165, 1.54) is 0 Å². The van der Waals surface area contributed by atoms with Gasteiger partial charge in [0.05, 0.1) is 37.7 Å². The summed E-state index contributed by atoms with van der Waals surface area (Å²) in [6.07, 6.45) is 1.99. The van der Waals surface area contributed by atoms with Crippen molar-refractivity contribution in [3.05, 3.63) is 92.5 Å². The summed E-state index contributed by atoms with van der Waals surface area (Å²) in [6.45, 7) is 1.93. The molecule has 0 atom stereocenters. The predicted molar refractivity (Wildman–Crippen MR) is 144 cm³/mol. The standard InChI is InChI=1S/C25H19Cl2N5O.CH4.Mn.2O/c1-14(13-15-7-4-3-5-8-15)23-28-18-11-12-19-22(20(18)24(33)31-23)32(2)25(29-19)30-21-16(26)9-6-10-17(21)27;;;;/h3-13H,1-2H3,(H,29,30)(H,28,31,33);1H4;;;/b14-13+;;;;. The van der Waals surface area contributed by atoms with Gasteiger partial charge in [0.2, 0.25) is 5.95 Å². The van der Waals surface area contributed by atoms with Crippen LogP contribution in [0.25, 0.3) is 33.6 Å². The number of nitrogens with one attached hydrogen (secondary N) is 2. The number of fused-ring (bicyclic) bond motifs is 3. The first kappa shape index (κ1) is 28.1. The van der Waals surface area contributed by atoms with Gasteiger partial charge in [0.1, 0.15) is 5.82 Å². The first-order valence-corrected chi connectivity index (χ1v) is 12.3. The third-order valence-corrected chi connectivity index (χ3v) is 6.09. The molecule has 2 aromatic heterocycles. The number of aryl methyl sites for hydroxylation is 1. The van der Waals surface area contributed by atoms with E-state index < -0.39 is 14.8 Å². The molecule has 2 heterocycles. The second-order valence-corrected chi connectivity index (χ2v) is 8.77. The van der Waals surface area contributed by atoms with Crippen LogP contribution in [-0.2, 0) is 29.5 Å². The molecule has 2 N–H and O–H groups in total. The SMILES string of the molecule is C.C/C(=C\c1ccccc1)c1nc2ccc3nc(Nc4c(Cl)cccc4Cl)n(C)c3c2c(=O)[nH]1.[O]=[Mn]=[O]. The van der Waals surface area contributed by atoms with Crippen molar-refractivity contribution in [1.82, 2.24) is 19.5 Å². The summed E-state index contributed by atoms with van der Waals surface area (Å²) in [7, 11) is 1.83. The molecule has 3 aromatic carbocycles. The molecule has 0 saturated carbocycles. The number of halogens is 2. The van der Waals surface area contributed by atoms with E-state index in [1.807, 2.05) is 62.5 Å². The summed E-state index contributed by atoms with van der Waals surface area (Å²) >= 11 is 11.2. The molecule has 191 valence electrons. The molecule has 8 nitrogen and oxygen atoms in total. The van der Waals surface area contributed by atoms with Gasteiger partial charge in [0.25, 0.3) is 5.56 Å². The number of allylic oxidation sites excluding steroid dienone is 1. The van der Waals surface area contributed by atoms with Crippen molar-refractivity contribution >= 4 is 68.4 Å². The van der Waals surface area contributed by atoms with Gasteiger partial charge < -0.3 is 14.9 Å². The van der Waals surface area contributed by atoms with Crippen molar-refractivity contribution in [1.29, 1.82) is 0 Å². The third-order valence-electron chi connectivity index (χ3n) is 5.46. The van der Waals surface area contributed by atoms with E-state index in [0.717, 1.165) is 11.1 Å². The Morgan fingerprint density at radius 3 is 2.24 bits per heavy atom. The normalized spacial score (nSPS) is 11.0. The van der Waals surface area contributed by atoms with E-state index in [0.29, 0.717) is 49.4 Å². The molecule has 11 heteroatoms. The van der Waals surface area contributed by atoms with Crippen molar-refractivity contribution < 1.29 is 22.5 Å². The van der Waals surface area contributed by atoms with Gasteiger partial charge in [-0.2, -0.15) is 0 Å². The summed E-state index contributed by atoms with van der Waals surface area (Å²) in [4.78, 5) is 25.5. The van der Waals surface area contributed by atoms with Crippen molar-refractivity contribution in [2.75, 3.05) is 5.32 Å². The molecule has 5 aromatic rings. The van der Waals surface area contributed by atoms with Crippen LogP contribution in [-0.4, -0.2) is 19.5 Å². The summed E-state index contributed by atoms with van der Waals surface area (Å²) in [5.74, 6) is 1.04. The topological polar surface area (TPSA) is 110 Å². The summed E-state index contributed by atoms with van der Waals surface area (Å²) in [5, 5.41) is 4.61. The van der Waals surface area contributed by atoms with Crippen molar-refractivity contribution in [3.63, 3.8) is 0 Å². The van der Waals surface area contributed by atoms with Gasteiger partial charge in [0, 0.05) is 7.05 Å². The first-order chi connectivity index (χ1) is 17.3. The second kappa shape index (κ2) is 12.2. The molecule has 0 saturated heterocycles. The Labute approximate surface area is 228 Å². The molecule has 0 unspecified atom stereocenters. The van der Waals surface area contributed by atoms with Gasteiger partial charge >= 0.3 is 22.5 Å². The Morgan fingerprint density at radius 2 is 1.59 bits per heavy atom. The minimum atomic E-state index is -1.44. The van der Waals surface area contributed by atoms with Gasteiger partial charge in [-0.25, -0.2) is 9.97 Å². The number of anilines is 2. The fraction of sp³-hybridized carbons (Fsp3) is 0.115. The number of aromatic amines is 1. The maximum absolute atomic E-state index is 13.2. The Bertz CT molecular complexity index is 1690. The van der Waals surface area contributed by atoms with Gasteiger partial charge in [-0.1, -0.05) is 67.0 Å². The number of imidazole rings is 1. The summed E-state index contributed by atoms with van der Waals surface area (Å²) < 4.78 is 18.6.